The summed E-state index contributed by atoms with van der Waals surface area (Å²) >= 11 is 0. The molecule has 0 aromatic heterocycles. The Morgan fingerprint density at radius 1 is 1.13 bits per heavy atom. The molecule has 2 aromatic carbocycles. The summed E-state index contributed by atoms with van der Waals surface area (Å²) < 4.78 is 4.91. The van der Waals surface area contributed by atoms with Crippen LogP contribution in [-0.2, 0) is 20.9 Å². The molecule has 0 saturated heterocycles. The van der Waals surface area contributed by atoms with E-state index < -0.39 is 0 Å². The molecule has 2 amide bonds. The summed E-state index contributed by atoms with van der Waals surface area (Å²) in [5.74, 6) is -0.166. The number of benzene rings is 2. The first-order valence-electron chi connectivity index (χ1n) is 10.9. The first-order valence-corrected chi connectivity index (χ1v) is 10.9. The van der Waals surface area contributed by atoms with Gasteiger partial charge in [-0.05, 0) is 48.6 Å². The molecular weight excluding hydrogens is 390 g/mol. The van der Waals surface area contributed by atoms with E-state index in [2.05, 4.69) is 12.2 Å². The second kappa shape index (κ2) is 10.4. The molecule has 1 fully saturated rings. The summed E-state index contributed by atoms with van der Waals surface area (Å²) in [7, 11) is 5.48. The van der Waals surface area contributed by atoms with E-state index in [4.69, 9.17) is 4.74 Å². The Morgan fingerprint density at radius 3 is 2.42 bits per heavy atom. The van der Waals surface area contributed by atoms with Gasteiger partial charge in [-0.25, -0.2) is 0 Å². The van der Waals surface area contributed by atoms with E-state index in [0.29, 0.717) is 12.2 Å². The molecule has 0 radical (unpaired) electrons. The average molecular weight is 424 g/mol. The molecule has 3 rings (SSSR count). The smallest absolute Gasteiger partial charge is 0.250 e. The van der Waals surface area contributed by atoms with E-state index in [1.54, 1.807) is 0 Å². The lowest BCUT2D eigenvalue weighted by Crippen LogP contribution is -2.36. The quantitative estimate of drug-likeness (QED) is 0.627. The minimum Gasteiger partial charge on any atom is -0.377 e. The number of nitrogens with zero attached hydrogens (tertiary/aromatic N) is 2. The third-order valence-corrected chi connectivity index (χ3v) is 5.64. The van der Waals surface area contributed by atoms with E-state index in [0.717, 1.165) is 36.1 Å². The molecular formula is C25H33N3O3. The number of amides is 2. The Kier molecular flexibility index (Phi) is 7.69. The van der Waals surface area contributed by atoms with Gasteiger partial charge in [0.05, 0.1) is 5.92 Å². The molecule has 0 spiro atoms. The molecule has 0 bridgehead atoms. The topological polar surface area (TPSA) is 61.9 Å². The Hall–Kier alpha value is -2.86. The lowest BCUT2D eigenvalue weighted by atomic mass is 9.94. The highest BCUT2D eigenvalue weighted by Crippen LogP contribution is 2.35. The summed E-state index contributed by atoms with van der Waals surface area (Å²) in [5.41, 5.74) is 3.83. The fraction of sp³-hybridized carbons (Fsp3) is 0.440. The van der Waals surface area contributed by atoms with Crippen molar-refractivity contribution in [2.45, 2.75) is 44.7 Å². The van der Waals surface area contributed by atoms with E-state index in [1.165, 1.54) is 7.11 Å². The van der Waals surface area contributed by atoms with Gasteiger partial charge < -0.3 is 19.9 Å². The van der Waals surface area contributed by atoms with E-state index in [1.807, 2.05) is 72.4 Å². The molecule has 6 heteroatoms. The Labute approximate surface area is 185 Å². The zero-order valence-corrected chi connectivity index (χ0v) is 18.9. The van der Waals surface area contributed by atoms with Crippen LogP contribution in [-0.4, -0.2) is 50.6 Å². The summed E-state index contributed by atoms with van der Waals surface area (Å²) in [5, 5.41) is 2.87. The Morgan fingerprint density at radius 2 is 1.84 bits per heavy atom. The van der Waals surface area contributed by atoms with Crippen molar-refractivity contribution in [2.24, 2.45) is 0 Å². The molecule has 2 aromatic rings. The van der Waals surface area contributed by atoms with E-state index in [-0.39, 0.29) is 30.4 Å². The molecule has 31 heavy (non-hydrogen) atoms. The molecule has 1 aliphatic carbocycles. The fourth-order valence-corrected chi connectivity index (χ4v) is 3.95. The largest absolute Gasteiger partial charge is 0.377 e. The summed E-state index contributed by atoms with van der Waals surface area (Å²) in [4.78, 5) is 29.7. The number of hydrogen-bond donors (Lipinski definition) is 1. The maximum absolute atomic E-state index is 13.6. The predicted octanol–water partition coefficient (Wildman–Crippen LogP) is 4.02. The third kappa shape index (κ3) is 5.85. The number of methoxy groups -OCH3 is 1. The summed E-state index contributed by atoms with van der Waals surface area (Å²) in [6, 6.07) is 16.2. The molecule has 6 nitrogen and oxygen atoms in total. The van der Waals surface area contributed by atoms with Crippen LogP contribution in [0.25, 0.3) is 0 Å². The van der Waals surface area contributed by atoms with Gasteiger partial charge in [0.2, 0.25) is 11.8 Å². The van der Waals surface area contributed by atoms with Crippen molar-refractivity contribution in [3.63, 3.8) is 0 Å². The second-order valence-electron chi connectivity index (χ2n) is 8.29. The van der Waals surface area contributed by atoms with Crippen LogP contribution in [0.3, 0.4) is 0 Å². The Balaban J connectivity index is 1.87. The van der Waals surface area contributed by atoms with Gasteiger partial charge in [-0.15, -0.1) is 0 Å². The first kappa shape index (κ1) is 22.8. The Bertz CT molecular complexity index is 894. The van der Waals surface area contributed by atoms with Crippen molar-refractivity contribution in [2.75, 3.05) is 38.0 Å². The van der Waals surface area contributed by atoms with Crippen molar-refractivity contribution >= 4 is 23.2 Å². The number of ether oxygens (including phenoxy) is 1. The van der Waals surface area contributed by atoms with Gasteiger partial charge in [0, 0.05) is 45.2 Å². The molecule has 1 aliphatic rings. The number of carbonyl (C=O) groups excluding carboxylic acids is 2. The highest BCUT2D eigenvalue weighted by molar-refractivity contribution is 5.92. The fourth-order valence-electron chi connectivity index (χ4n) is 3.95. The monoisotopic (exact) mass is 423 g/mol. The number of carbonyl (C=O) groups is 2. The number of nitrogens with one attached hydrogen (secondary N) is 1. The van der Waals surface area contributed by atoms with Crippen LogP contribution in [0.5, 0.6) is 0 Å². The van der Waals surface area contributed by atoms with Crippen LogP contribution in [0.2, 0.25) is 0 Å². The van der Waals surface area contributed by atoms with Crippen molar-refractivity contribution in [3.05, 3.63) is 59.7 Å². The highest BCUT2D eigenvalue weighted by Gasteiger charge is 2.36. The second-order valence-corrected chi connectivity index (χ2v) is 8.29. The molecule has 1 atom stereocenters. The van der Waals surface area contributed by atoms with Crippen LogP contribution in [0.15, 0.2) is 48.5 Å². The zero-order valence-electron chi connectivity index (χ0n) is 18.9. The van der Waals surface area contributed by atoms with E-state index >= 15 is 0 Å². The maximum atomic E-state index is 13.6. The van der Waals surface area contributed by atoms with Crippen molar-refractivity contribution in [1.82, 2.24) is 4.90 Å². The number of rotatable bonds is 10. The van der Waals surface area contributed by atoms with Crippen LogP contribution >= 0.6 is 0 Å². The minimum atomic E-state index is -0.198. The molecule has 166 valence electrons. The van der Waals surface area contributed by atoms with Crippen molar-refractivity contribution in [3.8, 4) is 0 Å². The summed E-state index contributed by atoms with van der Waals surface area (Å²) in [6.45, 7) is 2.60. The van der Waals surface area contributed by atoms with Gasteiger partial charge in [-0.3, -0.25) is 9.59 Å². The molecule has 1 N–H and O–H groups in total. The normalized spacial score (nSPS) is 14.1. The van der Waals surface area contributed by atoms with Crippen LogP contribution in [0, 0.1) is 0 Å². The lowest BCUT2D eigenvalue weighted by molar-refractivity contribution is -0.134. The molecule has 1 saturated carbocycles. The third-order valence-electron chi connectivity index (χ3n) is 5.64. The van der Waals surface area contributed by atoms with Gasteiger partial charge in [-0.2, -0.15) is 0 Å². The van der Waals surface area contributed by atoms with Crippen LogP contribution in [0.1, 0.15) is 43.2 Å². The zero-order chi connectivity index (χ0) is 22.4. The van der Waals surface area contributed by atoms with Crippen LogP contribution in [0.4, 0.5) is 11.4 Å². The van der Waals surface area contributed by atoms with Gasteiger partial charge in [0.15, 0.2) is 0 Å². The maximum Gasteiger partial charge on any atom is 0.250 e. The van der Waals surface area contributed by atoms with E-state index in [9.17, 15) is 9.59 Å². The SMILES string of the molecule is CC[C@H](C(=O)N(Cc1cc(NC(=O)COC)ccc1N(C)C)C1CC1)c1ccccc1. The summed E-state index contributed by atoms with van der Waals surface area (Å²) in [6.07, 6.45) is 2.84. The van der Waals surface area contributed by atoms with Crippen LogP contribution < -0.4 is 10.2 Å². The predicted molar refractivity (Wildman–Crippen MR) is 124 cm³/mol. The van der Waals surface area contributed by atoms with Gasteiger partial charge in [-0.1, -0.05) is 37.3 Å². The number of anilines is 2. The average Bonchev–Trinajstić information content (AvgIpc) is 3.58. The lowest BCUT2D eigenvalue weighted by Gasteiger charge is -2.29. The highest BCUT2D eigenvalue weighted by atomic mass is 16.5. The standard InChI is InChI=1S/C25H33N3O3/c1-5-22(18-9-7-6-8-10-18)25(30)28(21-12-13-21)16-19-15-20(26-24(29)17-31-4)11-14-23(19)27(2)3/h6-11,14-15,21-22H,5,12-13,16-17H2,1-4H3,(H,26,29)/t22-/m0/s1. The minimum absolute atomic E-state index is 0.00665. The van der Waals surface area contributed by atoms with Crippen molar-refractivity contribution < 1.29 is 14.3 Å². The molecule has 0 aliphatic heterocycles. The molecule has 0 heterocycles. The van der Waals surface area contributed by atoms with Gasteiger partial charge in [0.1, 0.15) is 6.61 Å². The molecule has 0 unspecified atom stereocenters. The van der Waals surface area contributed by atoms with Gasteiger partial charge in [0.25, 0.3) is 0 Å². The number of hydrogen-bond acceptors (Lipinski definition) is 4. The first-order chi connectivity index (χ1) is 14.9. The van der Waals surface area contributed by atoms with Gasteiger partial charge >= 0.3 is 0 Å². The van der Waals surface area contributed by atoms with Crippen molar-refractivity contribution in [1.29, 1.82) is 0 Å².